The Morgan fingerprint density at radius 3 is 2.42 bits per heavy atom. The Kier molecular flexibility index (Phi) is 5.16. The first-order valence-corrected chi connectivity index (χ1v) is 9.10. The Bertz CT molecular complexity index is 802. The number of H-pyrrole nitrogens is 1. The molecule has 1 aliphatic carbocycles. The summed E-state index contributed by atoms with van der Waals surface area (Å²) < 4.78 is 4.82. The summed E-state index contributed by atoms with van der Waals surface area (Å²) in [6, 6.07) is 10.4. The van der Waals surface area contributed by atoms with Gasteiger partial charge in [-0.15, -0.1) is 0 Å². The van der Waals surface area contributed by atoms with Crippen molar-refractivity contribution in [1.29, 1.82) is 0 Å². The number of esters is 1. The van der Waals surface area contributed by atoms with E-state index in [0.717, 1.165) is 12.8 Å². The second-order valence-electron chi connectivity index (χ2n) is 7.15. The van der Waals surface area contributed by atoms with Crippen LogP contribution in [0.3, 0.4) is 0 Å². The number of aromatic amines is 1. The number of ether oxygens (including phenoxy) is 1. The molecule has 1 fully saturated rings. The third-order valence-corrected chi connectivity index (χ3v) is 5.59. The van der Waals surface area contributed by atoms with Crippen LogP contribution in [0, 0.1) is 13.8 Å². The van der Waals surface area contributed by atoms with E-state index >= 15 is 0 Å². The third-order valence-electron chi connectivity index (χ3n) is 5.59. The maximum Gasteiger partial charge on any atom is 0.339 e. The molecule has 5 heteroatoms. The fourth-order valence-corrected chi connectivity index (χ4v) is 4.13. The Balaban J connectivity index is 1.79. The van der Waals surface area contributed by atoms with Gasteiger partial charge in [-0.25, -0.2) is 4.79 Å². The van der Waals surface area contributed by atoms with Crippen LogP contribution in [0.2, 0.25) is 0 Å². The van der Waals surface area contributed by atoms with Crippen LogP contribution in [0.25, 0.3) is 0 Å². The number of carbonyl (C=O) groups excluding carboxylic acids is 2. The number of aryl methyl sites for hydroxylation is 1. The van der Waals surface area contributed by atoms with E-state index in [1.165, 1.54) is 25.5 Å². The molecule has 0 atom stereocenters. The first-order chi connectivity index (χ1) is 12.5. The molecule has 1 heterocycles. The van der Waals surface area contributed by atoms with E-state index < -0.39 is 5.97 Å². The van der Waals surface area contributed by atoms with E-state index in [2.05, 4.69) is 34.6 Å². The van der Waals surface area contributed by atoms with Gasteiger partial charge in [0.05, 0.1) is 12.7 Å². The highest BCUT2D eigenvalue weighted by molar-refractivity contribution is 6.00. The quantitative estimate of drug-likeness (QED) is 0.805. The van der Waals surface area contributed by atoms with Crippen molar-refractivity contribution < 1.29 is 14.3 Å². The van der Waals surface area contributed by atoms with Crippen molar-refractivity contribution in [2.24, 2.45) is 0 Å². The van der Waals surface area contributed by atoms with Crippen LogP contribution in [-0.2, 0) is 10.2 Å². The molecule has 0 bridgehead atoms. The fourth-order valence-electron chi connectivity index (χ4n) is 4.13. The van der Waals surface area contributed by atoms with Gasteiger partial charge in [0, 0.05) is 17.7 Å². The monoisotopic (exact) mass is 354 g/mol. The number of benzene rings is 1. The lowest BCUT2D eigenvalue weighted by atomic mass is 9.79. The van der Waals surface area contributed by atoms with Gasteiger partial charge >= 0.3 is 5.97 Å². The van der Waals surface area contributed by atoms with Gasteiger partial charge < -0.3 is 15.0 Å². The predicted octanol–water partition coefficient (Wildman–Crippen LogP) is 3.66. The molecule has 26 heavy (non-hydrogen) atoms. The van der Waals surface area contributed by atoms with E-state index in [1.54, 1.807) is 13.8 Å². The molecule has 5 nitrogen and oxygen atoms in total. The van der Waals surface area contributed by atoms with E-state index in [1.807, 2.05) is 6.07 Å². The van der Waals surface area contributed by atoms with Crippen LogP contribution in [0.4, 0.5) is 0 Å². The second kappa shape index (κ2) is 7.36. The molecule has 1 saturated carbocycles. The molecule has 2 N–H and O–H groups in total. The Labute approximate surface area is 154 Å². The molecular weight excluding hydrogens is 328 g/mol. The van der Waals surface area contributed by atoms with Crippen LogP contribution in [0.15, 0.2) is 30.3 Å². The Morgan fingerprint density at radius 1 is 1.15 bits per heavy atom. The lowest BCUT2D eigenvalue weighted by Gasteiger charge is -2.30. The zero-order chi connectivity index (χ0) is 18.7. The molecular formula is C21H26N2O3. The first kappa shape index (κ1) is 18.2. The summed E-state index contributed by atoms with van der Waals surface area (Å²) in [4.78, 5) is 27.7. The topological polar surface area (TPSA) is 71.2 Å². The van der Waals surface area contributed by atoms with Gasteiger partial charge in [-0.05, 0) is 37.8 Å². The molecule has 2 aromatic rings. The van der Waals surface area contributed by atoms with Crippen molar-refractivity contribution in [2.45, 2.75) is 44.9 Å². The second-order valence-corrected chi connectivity index (χ2v) is 7.15. The van der Waals surface area contributed by atoms with Crippen molar-refractivity contribution in [3.63, 3.8) is 0 Å². The number of aromatic nitrogens is 1. The molecule has 0 unspecified atom stereocenters. The van der Waals surface area contributed by atoms with Gasteiger partial charge in [0.25, 0.3) is 5.91 Å². The van der Waals surface area contributed by atoms with E-state index in [0.29, 0.717) is 29.1 Å². The number of rotatable bonds is 5. The number of methoxy groups -OCH3 is 1. The number of amides is 1. The van der Waals surface area contributed by atoms with Gasteiger partial charge in [0.1, 0.15) is 5.69 Å². The van der Waals surface area contributed by atoms with Gasteiger partial charge in [0.15, 0.2) is 0 Å². The zero-order valence-corrected chi connectivity index (χ0v) is 15.6. The average Bonchev–Trinajstić information content (AvgIpc) is 3.25. The standard InChI is InChI=1S/C21H26N2O3/c1-14-17(20(25)26-3)15(2)23-18(14)19(24)22-13-21(11-7-8-12-21)16-9-5-4-6-10-16/h4-6,9-10,23H,7-8,11-13H2,1-3H3,(H,22,24). The van der Waals surface area contributed by atoms with Gasteiger partial charge in [0.2, 0.25) is 0 Å². The van der Waals surface area contributed by atoms with Crippen LogP contribution in [-0.4, -0.2) is 30.5 Å². The van der Waals surface area contributed by atoms with Crippen LogP contribution in [0.5, 0.6) is 0 Å². The van der Waals surface area contributed by atoms with Gasteiger partial charge in [-0.3, -0.25) is 4.79 Å². The summed E-state index contributed by atoms with van der Waals surface area (Å²) in [5.41, 5.74) is 3.44. The number of carbonyl (C=O) groups is 2. The predicted molar refractivity (Wildman–Crippen MR) is 101 cm³/mol. The summed E-state index contributed by atoms with van der Waals surface area (Å²) in [5.74, 6) is -0.602. The summed E-state index contributed by atoms with van der Waals surface area (Å²) in [7, 11) is 1.34. The lowest BCUT2D eigenvalue weighted by molar-refractivity contribution is 0.0599. The summed E-state index contributed by atoms with van der Waals surface area (Å²) in [6.45, 7) is 4.15. The summed E-state index contributed by atoms with van der Waals surface area (Å²) in [6.07, 6.45) is 4.51. The van der Waals surface area contributed by atoms with E-state index in [4.69, 9.17) is 4.74 Å². The largest absolute Gasteiger partial charge is 0.465 e. The van der Waals surface area contributed by atoms with Gasteiger partial charge in [-0.2, -0.15) is 0 Å². The first-order valence-electron chi connectivity index (χ1n) is 9.10. The molecule has 0 saturated heterocycles. The minimum atomic E-state index is -0.424. The van der Waals surface area contributed by atoms with Gasteiger partial charge in [-0.1, -0.05) is 43.2 Å². The molecule has 1 aliphatic rings. The molecule has 138 valence electrons. The molecule has 3 rings (SSSR count). The molecule has 0 aliphatic heterocycles. The number of hydrogen-bond donors (Lipinski definition) is 2. The maximum atomic E-state index is 12.8. The smallest absolute Gasteiger partial charge is 0.339 e. The highest BCUT2D eigenvalue weighted by Crippen LogP contribution is 2.40. The molecule has 0 radical (unpaired) electrons. The SMILES string of the molecule is COC(=O)c1c(C)[nH]c(C(=O)NCC2(c3ccccc3)CCCC2)c1C. The van der Waals surface area contributed by atoms with Crippen molar-refractivity contribution in [3.05, 3.63) is 58.4 Å². The average molecular weight is 354 g/mol. The highest BCUT2D eigenvalue weighted by Gasteiger charge is 2.36. The minimum absolute atomic E-state index is 0.00234. The van der Waals surface area contributed by atoms with E-state index in [-0.39, 0.29) is 11.3 Å². The molecule has 1 aromatic heterocycles. The lowest BCUT2D eigenvalue weighted by Crippen LogP contribution is -2.39. The maximum absolute atomic E-state index is 12.8. The Morgan fingerprint density at radius 2 is 1.81 bits per heavy atom. The minimum Gasteiger partial charge on any atom is -0.465 e. The van der Waals surface area contributed by atoms with Crippen molar-refractivity contribution in [3.8, 4) is 0 Å². The van der Waals surface area contributed by atoms with Crippen LogP contribution >= 0.6 is 0 Å². The van der Waals surface area contributed by atoms with Crippen LogP contribution in [0.1, 0.15) is 63.4 Å². The zero-order valence-electron chi connectivity index (χ0n) is 15.6. The summed E-state index contributed by atoms with van der Waals surface area (Å²) >= 11 is 0. The fraction of sp³-hybridized carbons (Fsp3) is 0.429. The van der Waals surface area contributed by atoms with Crippen molar-refractivity contribution in [2.75, 3.05) is 13.7 Å². The number of hydrogen-bond acceptors (Lipinski definition) is 3. The Hall–Kier alpha value is -2.56. The number of nitrogens with one attached hydrogen (secondary N) is 2. The van der Waals surface area contributed by atoms with E-state index in [9.17, 15) is 9.59 Å². The van der Waals surface area contributed by atoms with Crippen molar-refractivity contribution in [1.82, 2.24) is 10.3 Å². The van der Waals surface area contributed by atoms with Crippen LogP contribution < -0.4 is 5.32 Å². The van der Waals surface area contributed by atoms with Crippen molar-refractivity contribution >= 4 is 11.9 Å². The molecule has 0 spiro atoms. The molecule has 1 amide bonds. The third kappa shape index (κ3) is 3.26. The highest BCUT2D eigenvalue weighted by atomic mass is 16.5. The molecule has 1 aromatic carbocycles. The normalized spacial score (nSPS) is 15.7. The summed E-state index contributed by atoms with van der Waals surface area (Å²) in [5, 5.41) is 3.10.